The molecule has 3 N–H and O–H groups in total. The Hall–Kier alpha value is -4.54. The number of carbonyl (C=O) groups is 3. The molecule has 0 spiro atoms. The molecule has 2 amide bonds. The molecule has 0 atom stereocenters. The highest BCUT2D eigenvalue weighted by atomic mass is 19.4. The molecule has 3 aromatic carbocycles. The maximum absolute atomic E-state index is 13.1. The summed E-state index contributed by atoms with van der Waals surface area (Å²) in [6, 6.07) is 16.9. The topological polar surface area (TPSA) is 114 Å². The minimum atomic E-state index is -4.95. The van der Waals surface area contributed by atoms with E-state index in [0.717, 1.165) is 11.6 Å². The minimum absolute atomic E-state index is 0.00494. The second-order valence-electron chi connectivity index (χ2n) is 9.90. The predicted octanol–water partition coefficient (Wildman–Crippen LogP) is 6.29. The number of hydrogen-bond donors (Lipinski definition) is 3. The number of aliphatic carboxylic acids is 1. The van der Waals surface area contributed by atoms with Crippen molar-refractivity contribution >= 4 is 23.7 Å². The summed E-state index contributed by atoms with van der Waals surface area (Å²) in [5.41, 5.74) is 2.16. The van der Waals surface area contributed by atoms with Gasteiger partial charge in [-0.3, -0.25) is 14.9 Å². The molecule has 0 unspecified atom stereocenters. The molecule has 0 heterocycles. The smallest absolute Gasteiger partial charge is 0.481 e. The molecule has 0 aliphatic rings. The molecule has 0 aliphatic carbocycles. The van der Waals surface area contributed by atoms with Crippen LogP contribution in [0, 0.1) is 0 Å². The average Bonchev–Trinajstić information content (AvgIpc) is 2.85. The fourth-order valence-electron chi connectivity index (χ4n) is 3.70. The normalized spacial score (nSPS) is 11.4. The quantitative estimate of drug-likeness (QED) is 0.285. The number of nitrogens with one attached hydrogen (secondary N) is 2. The fourth-order valence-corrected chi connectivity index (χ4v) is 3.70. The standard InChI is InChI=1S/C29H29F3N2O6/c1-28(2,3)20-11-7-18(8-12-20)17-22-23(5-4-6-24(22)40-29(30,31)32)39-27(38)34-21-13-9-19(10-14-21)26(37)33-16-15-25(35)36/h4-14H,15-17H2,1-3H3,(H,33,37)(H,34,38)(H,35,36). The number of ether oxygens (including phenoxy) is 2. The van der Waals surface area contributed by atoms with Gasteiger partial charge in [-0.05, 0) is 52.9 Å². The van der Waals surface area contributed by atoms with Crippen molar-refractivity contribution in [2.24, 2.45) is 0 Å². The van der Waals surface area contributed by atoms with Crippen LogP contribution in [0.3, 0.4) is 0 Å². The summed E-state index contributed by atoms with van der Waals surface area (Å²) in [5, 5.41) is 13.6. The Morgan fingerprint density at radius 3 is 2.08 bits per heavy atom. The molecule has 0 saturated carbocycles. The van der Waals surface area contributed by atoms with Crippen LogP contribution >= 0.6 is 0 Å². The first-order chi connectivity index (χ1) is 18.7. The lowest BCUT2D eigenvalue weighted by atomic mass is 9.86. The van der Waals surface area contributed by atoms with E-state index in [1.54, 1.807) is 12.1 Å². The SMILES string of the molecule is CC(C)(C)c1ccc(Cc2c(OC(=O)Nc3ccc(C(=O)NCCC(=O)O)cc3)cccc2OC(F)(F)F)cc1. The van der Waals surface area contributed by atoms with E-state index in [9.17, 15) is 27.6 Å². The molecule has 0 fully saturated rings. The van der Waals surface area contributed by atoms with Gasteiger partial charge in [-0.25, -0.2) is 4.79 Å². The van der Waals surface area contributed by atoms with Gasteiger partial charge in [-0.2, -0.15) is 0 Å². The lowest BCUT2D eigenvalue weighted by Crippen LogP contribution is -2.26. The van der Waals surface area contributed by atoms with Gasteiger partial charge in [0.1, 0.15) is 11.5 Å². The Labute approximate surface area is 229 Å². The van der Waals surface area contributed by atoms with E-state index in [1.807, 2.05) is 32.9 Å². The van der Waals surface area contributed by atoms with Crippen molar-refractivity contribution in [3.8, 4) is 11.5 Å². The molecular formula is C29H29F3N2O6. The number of anilines is 1. The zero-order valence-electron chi connectivity index (χ0n) is 22.1. The number of carboxylic acids is 1. The lowest BCUT2D eigenvalue weighted by Gasteiger charge is -2.20. The summed E-state index contributed by atoms with van der Waals surface area (Å²) in [4.78, 5) is 35.3. The van der Waals surface area contributed by atoms with Crippen LogP contribution in [0.2, 0.25) is 0 Å². The van der Waals surface area contributed by atoms with Crippen molar-refractivity contribution in [1.82, 2.24) is 5.32 Å². The number of rotatable bonds is 9. The third kappa shape index (κ3) is 9.04. The molecule has 11 heteroatoms. The number of benzene rings is 3. The van der Waals surface area contributed by atoms with E-state index >= 15 is 0 Å². The largest absolute Gasteiger partial charge is 0.573 e. The van der Waals surface area contributed by atoms with Crippen LogP contribution < -0.4 is 20.1 Å². The monoisotopic (exact) mass is 558 g/mol. The highest BCUT2D eigenvalue weighted by molar-refractivity contribution is 5.95. The number of amides is 2. The van der Waals surface area contributed by atoms with Crippen LogP contribution in [-0.4, -0.2) is 36.0 Å². The van der Waals surface area contributed by atoms with Crippen LogP contribution in [0.15, 0.2) is 66.7 Å². The Bertz CT molecular complexity index is 1350. The van der Waals surface area contributed by atoms with E-state index in [0.29, 0.717) is 5.56 Å². The molecule has 212 valence electrons. The Morgan fingerprint density at radius 2 is 1.50 bits per heavy atom. The van der Waals surface area contributed by atoms with Crippen molar-refractivity contribution in [2.75, 3.05) is 11.9 Å². The van der Waals surface area contributed by atoms with Gasteiger partial charge in [0, 0.05) is 29.8 Å². The average molecular weight is 559 g/mol. The van der Waals surface area contributed by atoms with Crippen LogP contribution in [0.4, 0.5) is 23.7 Å². The Balaban J connectivity index is 1.76. The first-order valence-corrected chi connectivity index (χ1v) is 12.3. The van der Waals surface area contributed by atoms with E-state index < -0.39 is 30.1 Å². The van der Waals surface area contributed by atoms with Gasteiger partial charge in [0.15, 0.2) is 0 Å². The second kappa shape index (κ2) is 12.5. The van der Waals surface area contributed by atoms with Crippen LogP contribution in [0.1, 0.15) is 54.2 Å². The third-order valence-electron chi connectivity index (χ3n) is 5.74. The number of halogens is 3. The van der Waals surface area contributed by atoms with Gasteiger partial charge in [-0.15, -0.1) is 13.2 Å². The molecule has 8 nitrogen and oxygen atoms in total. The molecule has 0 aromatic heterocycles. The first kappa shape index (κ1) is 30.0. The van der Waals surface area contributed by atoms with Gasteiger partial charge >= 0.3 is 18.4 Å². The van der Waals surface area contributed by atoms with Crippen molar-refractivity contribution in [3.05, 3.63) is 89.0 Å². The van der Waals surface area contributed by atoms with Crippen LogP contribution in [0.25, 0.3) is 0 Å². The van der Waals surface area contributed by atoms with Crippen LogP contribution in [0.5, 0.6) is 11.5 Å². The van der Waals surface area contributed by atoms with E-state index in [4.69, 9.17) is 9.84 Å². The molecule has 0 aliphatic heterocycles. The lowest BCUT2D eigenvalue weighted by molar-refractivity contribution is -0.274. The van der Waals surface area contributed by atoms with Gasteiger partial charge < -0.3 is 19.9 Å². The Kier molecular flexibility index (Phi) is 9.41. The summed E-state index contributed by atoms with van der Waals surface area (Å²) in [6.07, 6.45) is -6.14. The highest BCUT2D eigenvalue weighted by Gasteiger charge is 2.33. The van der Waals surface area contributed by atoms with Gasteiger partial charge in [0.2, 0.25) is 0 Å². The molecule has 0 radical (unpaired) electrons. The second-order valence-corrected chi connectivity index (χ2v) is 9.90. The predicted molar refractivity (Wildman–Crippen MR) is 142 cm³/mol. The van der Waals surface area contributed by atoms with Gasteiger partial charge in [-0.1, -0.05) is 51.1 Å². The summed E-state index contributed by atoms with van der Waals surface area (Å²) in [7, 11) is 0. The maximum atomic E-state index is 13.1. The summed E-state index contributed by atoms with van der Waals surface area (Å²) in [6.45, 7) is 6.10. The van der Waals surface area contributed by atoms with Gasteiger partial charge in [0.25, 0.3) is 5.91 Å². The van der Waals surface area contributed by atoms with Crippen molar-refractivity contribution < 1.29 is 42.1 Å². The van der Waals surface area contributed by atoms with Crippen molar-refractivity contribution in [3.63, 3.8) is 0 Å². The zero-order chi connectivity index (χ0) is 29.5. The number of alkyl halides is 3. The summed E-state index contributed by atoms with van der Waals surface area (Å²) in [5.74, 6) is -2.14. The van der Waals surface area contributed by atoms with Gasteiger partial charge in [0.05, 0.1) is 6.42 Å². The van der Waals surface area contributed by atoms with E-state index in [-0.39, 0.29) is 47.4 Å². The fraction of sp³-hybridized carbons (Fsp3) is 0.276. The maximum Gasteiger partial charge on any atom is 0.573 e. The molecule has 3 rings (SSSR count). The first-order valence-electron chi connectivity index (χ1n) is 12.3. The minimum Gasteiger partial charge on any atom is -0.481 e. The number of hydrogen-bond acceptors (Lipinski definition) is 5. The number of carbonyl (C=O) groups excluding carboxylic acids is 2. The van der Waals surface area contributed by atoms with E-state index in [2.05, 4.69) is 15.4 Å². The van der Waals surface area contributed by atoms with Crippen LogP contribution in [-0.2, 0) is 16.6 Å². The molecule has 40 heavy (non-hydrogen) atoms. The van der Waals surface area contributed by atoms with Crippen molar-refractivity contribution in [2.45, 2.75) is 45.4 Å². The van der Waals surface area contributed by atoms with E-state index in [1.165, 1.54) is 36.4 Å². The zero-order valence-corrected chi connectivity index (χ0v) is 22.1. The molecule has 0 saturated heterocycles. The third-order valence-corrected chi connectivity index (χ3v) is 5.74. The summed E-state index contributed by atoms with van der Waals surface area (Å²) < 4.78 is 49.0. The highest BCUT2D eigenvalue weighted by Crippen LogP contribution is 2.35. The Morgan fingerprint density at radius 1 is 0.875 bits per heavy atom. The number of carboxylic acid groups (broad SMARTS) is 1. The molecule has 3 aromatic rings. The van der Waals surface area contributed by atoms with Crippen molar-refractivity contribution in [1.29, 1.82) is 0 Å². The summed E-state index contributed by atoms with van der Waals surface area (Å²) >= 11 is 0. The molecular weight excluding hydrogens is 529 g/mol. The molecule has 0 bridgehead atoms.